The van der Waals surface area contributed by atoms with Gasteiger partial charge in [0.05, 0.1) is 11.0 Å². The van der Waals surface area contributed by atoms with Crippen molar-refractivity contribution in [2.45, 2.75) is 12.8 Å². The average molecular weight is 400 g/mol. The van der Waals surface area contributed by atoms with Crippen LogP contribution in [-0.4, -0.2) is 22.8 Å². The number of nitrogens with zero attached hydrogens (tertiary/aromatic N) is 1. The van der Waals surface area contributed by atoms with Crippen molar-refractivity contribution < 1.29 is 14.3 Å². The fraction of sp³-hybridized carbons (Fsp3) is 0.130. The van der Waals surface area contributed by atoms with Gasteiger partial charge >= 0.3 is 6.03 Å². The summed E-state index contributed by atoms with van der Waals surface area (Å²) >= 11 is 0. The largest absolute Gasteiger partial charge is 0.454 e. The molecule has 3 aromatic carbocycles. The molecule has 150 valence electrons. The monoisotopic (exact) mass is 400 g/mol. The Labute approximate surface area is 173 Å². The van der Waals surface area contributed by atoms with Crippen molar-refractivity contribution in [1.82, 2.24) is 9.97 Å². The van der Waals surface area contributed by atoms with Crippen LogP contribution in [0.15, 0.2) is 66.7 Å². The number of rotatable bonds is 5. The minimum absolute atomic E-state index is 0.202. The van der Waals surface area contributed by atoms with E-state index < -0.39 is 0 Å². The van der Waals surface area contributed by atoms with E-state index in [1.165, 1.54) is 5.56 Å². The predicted molar refractivity (Wildman–Crippen MR) is 115 cm³/mol. The number of carbonyl (C=O) groups is 1. The van der Waals surface area contributed by atoms with Crippen molar-refractivity contribution in [3.63, 3.8) is 0 Å². The van der Waals surface area contributed by atoms with Gasteiger partial charge in [0.1, 0.15) is 5.82 Å². The van der Waals surface area contributed by atoms with Crippen LogP contribution >= 0.6 is 0 Å². The van der Waals surface area contributed by atoms with Gasteiger partial charge in [0.25, 0.3) is 0 Å². The first-order valence-electron chi connectivity index (χ1n) is 9.73. The number of benzene rings is 3. The molecule has 0 fully saturated rings. The number of ether oxygens (including phenoxy) is 2. The van der Waals surface area contributed by atoms with Crippen molar-refractivity contribution >= 4 is 28.4 Å². The molecule has 5 rings (SSSR count). The topological polar surface area (TPSA) is 88.3 Å². The molecule has 0 spiro atoms. The van der Waals surface area contributed by atoms with Crippen LogP contribution in [0.2, 0.25) is 0 Å². The Morgan fingerprint density at radius 1 is 0.900 bits per heavy atom. The number of amides is 2. The Balaban J connectivity index is 1.16. The van der Waals surface area contributed by atoms with Crippen LogP contribution in [0, 0.1) is 0 Å². The number of anilines is 2. The number of aromatic nitrogens is 2. The van der Waals surface area contributed by atoms with Crippen LogP contribution in [-0.2, 0) is 12.8 Å². The van der Waals surface area contributed by atoms with E-state index in [1.54, 1.807) is 18.2 Å². The fourth-order valence-electron chi connectivity index (χ4n) is 3.41. The summed E-state index contributed by atoms with van der Waals surface area (Å²) in [6.07, 6.45) is 1.69. The summed E-state index contributed by atoms with van der Waals surface area (Å²) in [4.78, 5) is 20.2. The lowest BCUT2D eigenvalue weighted by Crippen LogP contribution is -2.19. The second-order valence-corrected chi connectivity index (χ2v) is 7.04. The zero-order valence-electron chi connectivity index (χ0n) is 16.1. The molecular weight excluding hydrogens is 380 g/mol. The highest BCUT2D eigenvalue weighted by Gasteiger charge is 2.14. The van der Waals surface area contributed by atoms with E-state index >= 15 is 0 Å². The Bertz CT molecular complexity index is 1170. The number of aromatic amines is 1. The van der Waals surface area contributed by atoms with E-state index in [4.69, 9.17) is 9.47 Å². The van der Waals surface area contributed by atoms with Gasteiger partial charge in [-0.2, -0.15) is 0 Å². The molecule has 0 aliphatic carbocycles. The number of urea groups is 1. The van der Waals surface area contributed by atoms with Crippen LogP contribution in [0.1, 0.15) is 11.4 Å². The third-order valence-corrected chi connectivity index (χ3v) is 4.93. The molecule has 1 aliphatic rings. The lowest BCUT2D eigenvalue weighted by Gasteiger charge is -2.09. The maximum atomic E-state index is 12.3. The molecule has 0 radical (unpaired) electrons. The zero-order valence-corrected chi connectivity index (χ0v) is 16.1. The van der Waals surface area contributed by atoms with E-state index in [0.29, 0.717) is 17.2 Å². The number of para-hydroxylation sites is 2. The molecule has 2 heterocycles. The van der Waals surface area contributed by atoms with Crippen molar-refractivity contribution in [1.29, 1.82) is 0 Å². The van der Waals surface area contributed by atoms with Crippen molar-refractivity contribution in [3.05, 3.63) is 78.1 Å². The first-order chi connectivity index (χ1) is 14.7. The molecule has 7 nitrogen and oxygen atoms in total. The summed E-state index contributed by atoms with van der Waals surface area (Å²) in [7, 11) is 0. The van der Waals surface area contributed by atoms with Gasteiger partial charge in [0.15, 0.2) is 11.5 Å². The summed E-state index contributed by atoms with van der Waals surface area (Å²) in [6, 6.07) is 20.8. The number of hydrogen-bond donors (Lipinski definition) is 3. The number of aryl methyl sites for hydroxylation is 2. The number of fused-ring (bicyclic) bond motifs is 2. The molecular formula is C23H20N4O3. The summed E-state index contributed by atoms with van der Waals surface area (Å²) in [5.41, 5.74) is 4.58. The SMILES string of the molecule is O=C(Nc1ccc(CCc2nc3ccccc3[nH]2)cc1)Nc1ccc2c(c1)OCO2. The average Bonchev–Trinajstić information content (AvgIpc) is 3.39. The fourth-order valence-corrected chi connectivity index (χ4v) is 3.41. The van der Waals surface area contributed by atoms with Gasteiger partial charge in [-0.15, -0.1) is 0 Å². The van der Waals surface area contributed by atoms with Crippen LogP contribution in [0.3, 0.4) is 0 Å². The summed E-state index contributed by atoms with van der Waals surface area (Å²) in [5, 5.41) is 5.63. The Kier molecular flexibility index (Phi) is 4.69. The summed E-state index contributed by atoms with van der Waals surface area (Å²) in [5.74, 6) is 2.28. The van der Waals surface area contributed by atoms with Gasteiger partial charge in [-0.1, -0.05) is 24.3 Å². The Morgan fingerprint density at radius 3 is 2.53 bits per heavy atom. The Morgan fingerprint density at radius 2 is 1.67 bits per heavy atom. The Hall–Kier alpha value is -4.00. The molecule has 7 heteroatoms. The van der Waals surface area contributed by atoms with Gasteiger partial charge in [0, 0.05) is 23.9 Å². The van der Waals surface area contributed by atoms with Crippen molar-refractivity contribution in [2.24, 2.45) is 0 Å². The molecule has 3 N–H and O–H groups in total. The summed E-state index contributed by atoms with van der Waals surface area (Å²) in [6.45, 7) is 0.202. The molecule has 30 heavy (non-hydrogen) atoms. The van der Waals surface area contributed by atoms with Crippen LogP contribution in [0.4, 0.5) is 16.2 Å². The number of nitrogens with one attached hydrogen (secondary N) is 3. The molecule has 0 saturated heterocycles. The summed E-state index contributed by atoms with van der Waals surface area (Å²) < 4.78 is 10.6. The molecule has 1 aromatic heterocycles. The molecule has 1 aliphatic heterocycles. The van der Waals surface area contributed by atoms with E-state index in [1.807, 2.05) is 48.5 Å². The normalized spacial score (nSPS) is 12.1. The number of imidazole rings is 1. The molecule has 0 bridgehead atoms. The van der Waals surface area contributed by atoms with Gasteiger partial charge in [0.2, 0.25) is 6.79 Å². The van der Waals surface area contributed by atoms with Gasteiger partial charge in [-0.3, -0.25) is 0 Å². The highest BCUT2D eigenvalue weighted by molar-refractivity contribution is 5.99. The second kappa shape index (κ2) is 7.79. The molecule has 2 amide bonds. The van der Waals surface area contributed by atoms with Crippen LogP contribution < -0.4 is 20.1 Å². The third-order valence-electron chi connectivity index (χ3n) is 4.93. The van der Waals surface area contributed by atoms with Crippen LogP contribution in [0.5, 0.6) is 11.5 Å². The van der Waals surface area contributed by atoms with Crippen molar-refractivity contribution in [3.8, 4) is 11.5 Å². The van der Waals surface area contributed by atoms with Gasteiger partial charge < -0.3 is 25.1 Å². The maximum Gasteiger partial charge on any atom is 0.323 e. The maximum absolute atomic E-state index is 12.3. The minimum atomic E-state index is -0.316. The minimum Gasteiger partial charge on any atom is -0.454 e. The van der Waals surface area contributed by atoms with E-state index in [9.17, 15) is 4.79 Å². The number of hydrogen-bond acceptors (Lipinski definition) is 4. The van der Waals surface area contributed by atoms with E-state index in [2.05, 4.69) is 20.6 Å². The van der Waals surface area contributed by atoms with E-state index in [0.717, 1.165) is 35.4 Å². The molecule has 0 atom stereocenters. The van der Waals surface area contributed by atoms with Crippen molar-refractivity contribution in [2.75, 3.05) is 17.4 Å². The second-order valence-electron chi connectivity index (χ2n) is 7.04. The number of carbonyl (C=O) groups excluding carboxylic acids is 1. The highest BCUT2D eigenvalue weighted by atomic mass is 16.7. The van der Waals surface area contributed by atoms with Gasteiger partial charge in [-0.05, 0) is 48.4 Å². The first-order valence-corrected chi connectivity index (χ1v) is 9.73. The predicted octanol–water partition coefficient (Wildman–Crippen LogP) is 4.72. The third kappa shape index (κ3) is 3.91. The lowest BCUT2D eigenvalue weighted by atomic mass is 10.1. The highest BCUT2D eigenvalue weighted by Crippen LogP contribution is 2.34. The van der Waals surface area contributed by atoms with Crippen LogP contribution in [0.25, 0.3) is 11.0 Å². The van der Waals surface area contributed by atoms with Gasteiger partial charge in [-0.25, -0.2) is 9.78 Å². The van der Waals surface area contributed by atoms with E-state index in [-0.39, 0.29) is 12.8 Å². The molecule has 4 aromatic rings. The smallest absolute Gasteiger partial charge is 0.323 e. The standard InChI is InChI=1S/C23H20N4O3/c28-23(25-17-10-11-20-21(13-17)30-14-29-20)24-16-8-5-15(6-9-16)7-12-22-26-18-3-1-2-4-19(18)27-22/h1-6,8-11,13H,7,12,14H2,(H,26,27)(H2,24,25,28). The lowest BCUT2D eigenvalue weighted by molar-refractivity contribution is 0.174. The molecule has 0 saturated carbocycles. The zero-order chi connectivity index (χ0) is 20.3. The molecule has 0 unspecified atom stereocenters. The number of H-pyrrole nitrogens is 1. The quantitative estimate of drug-likeness (QED) is 0.452. The first kappa shape index (κ1) is 18.1.